The van der Waals surface area contributed by atoms with Gasteiger partial charge >= 0.3 is 0 Å². The Morgan fingerprint density at radius 1 is 1.54 bits per heavy atom. The average molecular weight is 356 g/mol. The standard InChI is InChI=1S/C16H22ClN3O4/c1-11(2)9-19-5-6-24-13(10-19)8-18-16(21)14-4-3-12(20(22)23)7-15(14)17/h3-4,7,11,13H,5-6,8-10H2,1-2H3,(H,18,21). The number of rotatable bonds is 6. The third-order valence-corrected chi connectivity index (χ3v) is 4.06. The van der Waals surface area contributed by atoms with Crippen LogP contribution in [0, 0.1) is 16.0 Å². The molecule has 1 saturated heterocycles. The Morgan fingerprint density at radius 2 is 2.29 bits per heavy atom. The average Bonchev–Trinajstić information content (AvgIpc) is 2.52. The first-order chi connectivity index (χ1) is 11.4. The van der Waals surface area contributed by atoms with E-state index in [9.17, 15) is 14.9 Å². The van der Waals surface area contributed by atoms with Gasteiger partial charge in [0.15, 0.2) is 0 Å². The minimum atomic E-state index is -0.549. The number of hydrogen-bond donors (Lipinski definition) is 1. The molecular weight excluding hydrogens is 334 g/mol. The van der Waals surface area contributed by atoms with Crippen LogP contribution in [0.4, 0.5) is 5.69 Å². The van der Waals surface area contributed by atoms with E-state index in [2.05, 4.69) is 24.1 Å². The fraction of sp³-hybridized carbons (Fsp3) is 0.562. The molecule has 1 aromatic carbocycles. The second-order valence-electron chi connectivity index (χ2n) is 6.28. The van der Waals surface area contributed by atoms with Gasteiger partial charge in [0.25, 0.3) is 11.6 Å². The first kappa shape index (κ1) is 18.6. The summed E-state index contributed by atoms with van der Waals surface area (Å²) in [5.41, 5.74) is 0.0774. The topological polar surface area (TPSA) is 84.7 Å². The lowest BCUT2D eigenvalue weighted by Crippen LogP contribution is -2.48. The van der Waals surface area contributed by atoms with Crippen molar-refractivity contribution >= 4 is 23.2 Å². The second kappa shape index (κ2) is 8.41. The highest BCUT2D eigenvalue weighted by atomic mass is 35.5. The van der Waals surface area contributed by atoms with Gasteiger partial charge in [-0.15, -0.1) is 0 Å². The van der Waals surface area contributed by atoms with E-state index in [4.69, 9.17) is 16.3 Å². The van der Waals surface area contributed by atoms with Crippen molar-refractivity contribution in [3.05, 3.63) is 38.9 Å². The summed E-state index contributed by atoms with van der Waals surface area (Å²) in [5.74, 6) is 0.219. The Balaban J connectivity index is 1.90. The number of amides is 1. The second-order valence-corrected chi connectivity index (χ2v) is 6.68. The molecule has 0 bridgehead atoms. The van der Waals surface area contributed by atoms with E-state index < -0.39 is 4.92 Å². The first-order valence-corrected chi connectivity index (χ1v) is 8.30. The maximum absolute atomic E-state index is 12.2. The summed E-state index contributed by atoms with van der Waals surface area (Å²) in [5, 5.41) is 13.5. The fourth-order valence-electron chi connectivity index (χ4n) is 2.69. The van der Waals surface area contributed by atoms with Crippen molar-refractivity contribution in [2.75, 3.05) is 32.8 Å². The highest BCUT2D eigenvalue weighted by Gasteiger charge is 2.22. The van der Waals surface area contributed by atoms with E-state index in [0.717, 1.165) is 19.6 Å². The number of nitro benzene ring substituents is 1. The van der Waals surface area contributed by atoms with Crippen molar-refractivity contribution < 1.29 is 14.5 Å². The molecule has 1 aliphatic heterocycles. The number of hydrogen-bond acceptors (Lipinski definition) is 5. The molecule has 8 heteroatoms. The molecular formula is C16H22ClN3O4. The molecule has 1 aliphatic rings. The number of nitro groups is 1. The van der Waals surface area contributed by atoms with Crippen LogP contribution in [0.25, 0.3) is 0 Å². The van der Waals surface area contributed by atoms with Crippen LogP contribution < -0.4 is 5.32 Å². The molecule has 2 rings (SSSR count). The van der Waals surface area contributed by atoms with Gasteiger partial charge in [-0.1, -0.05) is 25.4 Å². The molecule has 1 N–H and O–H groups in total. The smallest absolute Gasteiger partial charge is 0.270 e. The predicted octanol–water partition coefficient (Wildman–Crippen LogP) is 2.33. The summed E-state index contributed by atoms with van der Waals surface area (Å²) in [4.78, 5) is 24.7. The van der Waals surface area contributed by atoms with Crippen LogP contribution in [0.15, 0.2) is 18.2 Å². The van der Waals surface area contributed by atoms with Crippen molar-refractivity contribution in [3.63, 3.8) is 0 Å². The van der Waals surface area contributed by atoms with Crippen molar-refractivity contribution in [3.8, 4) is 0 Å². The number of nitrogens with zero attached hydrogens (tertiary/aromatic N) is 2. The van der Waals surface area contributed by atoms with E-state index in [0.29, 0.717) is 19.1 Å². The molecule has 24 heavy (non-hydrogen) atoms. The molecule has 1 fully saturated rings. The molecule has 1 amide bonds. The van der Waals surface area contributed by atoms with Crippen molar-refractivity contribution in [2.24, 2.45) is 5.92 Å². The summed E-state index contributed by atoms with van der Waals surface area (Å²) in [6.45, 7) is 8.03. The molecule has 0 aliphatic carbocycles. The minimum absolute atomic E-state index is 0.0627. The third-order valence-electron chi connectivity index (χ3n) is 3.74. The Labute approximate surface area is 146 Å². The van der Waals surface area contributed by atoms with Crippen molar-refractivity contribution in [1.29, 1.82) is 0 Å². The number of ether oxygens (including phenoxy) is 1. The lowest BCUT2D eigenvalue weighted by atomic mass is 10.1. The number of morpholine rings is 1. The highest BCUT2D eigenvalue weighted by molar-refractivity contribution is 6.34. The minimum Gasteiger partial charge on any atom is -0.374 e. The lowest BCUT2D eigenvalue weighted by molar-refractivity contribution is -0.384. The monoisotopic (exact) mass is 355 g/mol. The van der Waals surface area contributed by atoms with Gasteiger partial charge in [-0.3, -0.25) is 19.8 Å². The van der Waals surface area contributed by atoms with Crippen LogP contribution >= 0.6 is 11.6 Å². The number of carbonyl (C=O) groups is 1. The van der Waals surface area contributed by atoms with Crippen molar-refractivity contribution in [1.82, 2.24) is 10.2 Å². The molecule has 1 unspecified atom stereocenters. The Bertz CT molecular complexity index is 609. The van der Waals surface area contributed by atoms with E-state index in [1.54, 1.807) is 0 Å². The normalized spacial score (nSPS) is 18.6. The zero-order valence-electron chi connectivity index (χ0n) is 13.8. The van der Waals surface area contributed by atoms with Gasteiger partial charge in [0, 0.05) is 38.3 Å². The molecule has 0 saturated carbocycles. The van der Waals surface area contributed by atoms with Crippen LogP contribution in [0.2, 0.25) is 5.02 Å². The number of non-ortho nitro benzene ring substituents is 1. The lowest BCUT2D eigenvalue weighted by Gasteiger charge is -2.33. The molecule has 1 heterocycles. The Kier molecular flexibility index (Phi) is 6.53. The molecule has 0 aromatic heterocycles. The summed E-state index contributed by atoms with van der Waals surface area (Å²) < 4.78 is 5.68. The maximum atomic E-state index is 12.2. The quantitative estimate of drug-likeness (QED) is 0.625. The van der Waals surface area contributed by atoms with Crippen LogP contribution in [-0.2, 0) is 4.74 Å². The van der Waals surface area contributed by atoms with Crippen LogP contribution in [0.1, 0.15) is 24.2 Å². The molecule has 132 valence electrons. The summed E-state index contributed by atoms with van der Waals surface area (Å²) in [7, 11) is 0. The van der Waals surface area contributed by atoms with Gasteiger partial charge in [-0.2, -0.15) is 0 Å². The van der Waals surface area contributed by atoms with E-state index >= 15 is 0 Å². The summed E-state index contributed by atoms with van der Waals surface area (Å²) in [6.07, 6.45) is -0.0710. The number of halogens is 1. The van der Waals surface area contributed by atoms with Gasteiger partial charge in [-0.05, 0) is 12.0 Å². The summed E-state index contributed by atoms with van der Waals surface area (Å²) in [6, 6.07) is 3.81. The third kappa shape index (κ3) is 5.15. The molecule has 0 radical (unpaired) electrons. The van der Waals surface area contributed by atoms with E-state index in [1.807, 2.05) is 0 Å². The number of nitrogens with one attached hydrogen (secondary N) is 1. The SMILES string of the molecule is CC(C)CN1CCOC(CNC(=O)c2ccc([N+](=O)[O-])cc2Cl)C1. The van der Waals surface area contributed by atoms with Gasteiger partial charge in [0.1, 0.15) is 0 Å². The van der Waals surface area contributed by atoms with Crippen LogP contribution in [0.3, 0.4) is 0 Å². The van der Waals surface area contributed by atoms with Crippen molar-refractivity contribution in [2.45, 2.75) is 20.0 Å². The zero-order chi connectivity index (χ0) is 17.7. The van der Waals surface area contributed by atoms with Crippen LogP contribution in [0.5, 0.6) is 0 Å². The zero-order valence-corrected chi connectivity index (χ0v) is 14.6. The predicted molar refractivity (Wildman–Crippen MR) is 91.5 cm³/mol. The summed E-state index contributed by atoms with van der Waals surface area (Å²) >= 11 is 5.97. The van der Waals surface area contributed by atoms with Gasteiger partial charge < -0.3 is 10.1 Å². The Hall–Kier alpha value is -1.70. The van der Waals surface area contributed by atoms with E-state index in [-0.39, 0.29) is 28.3 Å². The molecule has 7 nitrogen and oxygen atoms in total. The van der Waals surface area contributed by atoms with Crippen LogP contribution in [-0.4, -0.2) is 54.6 Å². The Morgan fingerprint density at radius 3 is 2.92 bits per heavy atom. The number of benzene rings is 1. The number of carbonyl (C=O) groups excluding carboxylic acids is 1. The van der Waals surface area contributed by atoms with Gasteiger partial charge in [0.2, 0.25) is 0 Å². The van der Waals surface area contributed by atoms with Gasteiger partial charge in [0.05, 0.1) is 28.2 Å². The molecule has 1 atom stereocenters. The van der Waals surface area contributed by atoms with Gasteiger partial charge in [-0.25, -0.2) is 0 Å². The largest absolute Gasteiger partial charge is 0.374 e. The fourth-order valence-corrected chi connectivity index (χ4v) is 2.95. The molecule has 0 spiro atoms. The molecule has 1 aromatic rings. The first-order valence-electron chi connectivity index (χ1n) is 7.93. The van der Waals surface area contributed by atoms with E-state index in [1.165, 1.54) is 18.2 Å². The maximum Gasteiger partial charge on any atom is 0.270 e. The highest BCUT2D eigenvalue weighted by Crippen LogP contribution is 2.22.